The van der Waals surface area contributed by atoms with Crippen LogP contribution in [-0.4, -0.2) is 54.9 Å². The molecule has 2 aliphatic heterocycles. The summed E-state index contributed by atoms with van der Waals surface area (Å²) < 4.78 is 5.22. The van der Waals surface area contributed by atoms with Crippen LogP contribution in [0.1, 0.15) is 37.3 Å². The van der Waals surface area contributed by atoms with Crippen molar-refractivity contribution in [3.05, 3.63) is 29.8 Å². The van der Waals surface area contributed by atoms with Crippen molar-refractivity contribution in [1.82, 2.24) is 9.80 Å². The third kappa shape index (κ3) is 3.63. The van der Waals surface area contributed by atoms with Crippen LogP contribution in [-0.2, 0) is 9.59 Å². The van der Waals surface area contributed by atoms with Crippen LogP contribution in [0.2, 0.25) is 0 Å². The molecule has 0 bridgehead atoms. The molecule has 1 aromatic rings. The molecule has 6 nitrogen and oxygen atoms in total. The smallest absolute Gasteiger partial charge is 0.228 e. The fourth-order valence-electron chi connectivity index (χ4n) is 4.00. The molecular weight excluding hydrogens is 318 g/mol. The van der Waals surface area contributed by atoms with E-state index in [0.29, 0.717) is 19.4 Å². The quantitative estimate of drug-likeness (QED) is 0.902. The number of amides is 2. The van der Waals surface area contributed by atoms with Crippen LogP contribution in [0.25, 0.3) is 0 Å². The average molecular weight is 345 g/mol. The lowest BCUT2D eigenvalue weighted by Gasteiger charge is -2.42. The topological polar surface area (TPSA) is 75.9 Å². The SMILES string of the molecule is COc1ccc(C2C(C(=O)N3CCCC(N)C3)CCC(=O)N2C)cc1. The van der Waals surface area contributed by atoms with Crippen LogP contribution in [0.3, 0.4) is 0 Å². The highest BCUT2D eigenvalue weighted by Gasteiger charge is 2.41. The van der Waals surface area contributed by atoms with Gasteiger partial charge in [-0.25, -0.2) is 0 Å². The minimum Gasteiger partial charge on any atom is -0.497 e. The first kappa shape index (κ1) is 17.7. The second kappa shape index (κ2) is 7.44. The summed E-state index contributed by atoms with van der Waals surface area (Å²) in [6, 6.07) is 7.46. The Labute approximate surface area is 148 Å². The number of carbonyl (C=O) groups is 2. The normalized spacial score (nSPS) is 27.3. The minimum atomic E-state index is -0.238. The Kier molecular flexibility index (Phi) is 5.27. The molecule has 3 rings (SSSR count). The van der Waals surface area contributed by atoms with E-state index in [1.165, 1.54) is 0 Å². The monoisotopic (exact) mass is 345 g/mol. The summed E-state index contributed by atoms with van der Waals surface area (Å²) in [6.07, 6.45) is 2.92. The molecule has 3 unspecified atom stereocenters. The zero-order chi connectivity index (χ0) is 18.0. The number of methoxy groups -OCH3 is 1. The van der Waals surface area contributed by atoms with Gasteiger partial charge in [0.1, 0.15) is 5.75 Å². The van der Waals surface area contributed by atoms with E-state index in [-0.39, 0.29) is 29.8 Å². The maximum absolute atomic E-state index is 13.2. The zero-order valence-corrected chi connectivity index (χ0v) is 15.0. The number of benzene rings is 1. The Bertz CT molecular complexity index is 631. The first-order valence-corrected chi connectivity index (χ1v) is 8.95. The number of nitrogens with zero attached hydrogens (tertiary/aromatic N) is 2. The van der Waals surface area contributed by atoms with Crippen LogP contribution in [0.4, 0.5) is 0 Å². The highest BCUT2D eigenvalue weighted by atomic mass is 16.5. The van der Waals surface area contributed by atoms with E-state index in [1.54, 1.807) is 19.1 Å². The molecule has 136 valence electrons. The third-order valence-electron chi connectivity index (χ3n) is 5.41. The standard InChI is InChI=1S/C19H27N3O3/c1-21-17(23)10-9-16(19(24)22-11-3-4-14(20)12-22)18(21)13-5-7-15(25-2)8-6-13/h5-8,14,16,18H,3-4,9-12,20H2,1-2H3. The summed E-state index contributed by atoms with van der Waals surface area (Å²) in [5.41, 5.74) is 7.02. The third-order valence-corrected chi connectivity index (χ3v) is 5.41. The molecule has 2 fully saturated rings. The second-order valence-electron chi connectivity index (χ2n) is 7.05. The number of piperidine rings is 2. The number of rotatable bonds is 3. The number of hydrogen-bond acceptors (Lipinski definition) is 4. The van der Waals surface area contributed by atoms with Gasteiger partial charge in [0.15, 0.2) is 0 Å². The Morgan fingerprint density at radius 3 is 2.60 bits per heavy atom. The lowest BCUT2D eigenvalue weighted by atomic mass is 9.83. The van der Waals surface area contributed by atoms with Crippen molar-refractivity contribution >= 4 is 11.8 Å². The molecule has 2 saturated heterocycles. The number of likely N-dealkylation sites (tertiary alicyclic amines) is 2. The average Bonchev–Trinajstić information content (AvgIpc) is 2.63. The van der Waals surface area contributed by atoms with Gasteiger partial charge in [0, 0.05) is 32.6 Å². The van der Waals surface area contributed by atoms with Gasteiger partial charge in [-0.05, 0) is 37.0 Å². The molecule has 0 radical (unpaired) electrons. The van der Waals surface area contributed by atoms with E-state index in [4.69, 9.17) is 10.5 Å². The van der Waals surface area contributed by atoms with Crippen molar-refractivity contribution < 1.29 is 14.3 Å². The van der Waals surface area contributed by atoms with Crippen LogP contribution < -0.4 is 10.5 Å². The summed E-state index contributed by atoms with van der Waals surface area (Å²) in [5, 5.41) is 0. The van der Waals surface area contributed by atoms with Gasteiger partial charge < -0.3 is 20.3 Å². The van der Waals surface area contributed by atoms with Gasteiger partial charge in [0.05, 0.1) is 19.1 Å². The van der Waals surface area contributed by atoms with Crippen molar-refractivity contribution in [2.45, 2.75) is 37.8 Å². The Hall–Kier alpha value is -2.08. The lowest BCUT2D eigenvalue weighted by molar-refractivity contribution is -0.147. The molecule has 1 aromatic carbocycles. The fraction of sp³-hybridized carbons (Fsp3) is 0.579. The fourth-order valence-corrected chi connectivity index (χ4v) is 4.00. The molecule has 25 heavy (non-hydrogen) atoms. The molecule has 2 aliphatic rings. The molecule has 2 N–H and O–H groups in total. The van der Waals surface area contributed by atoms with Gasteiger partial charge in [-0.1, -0.05) is 12.1 Å². The molecule has 0 saturated carbocycles. The highest BCUT2D eigenvalue weighted by Crippen LogP contribution is 2.37. The van der Waals surface area contributed by atoms with Crippen molar-refractivity contribution in [3.63, 3.8) is 0 Å². The summed E-state index contributed by atoms with van der Waals surface area (Å²) in [7, 11) is 3.41. The molecule has 6 heteroatoms. The number of carbonyl (C=O) groups excluding carboxylic acids is 2. The van der Waals surface area contributed by atoms with E-state index in [2.05, 4.69) is 0 Å². The van der Waals surface area contributed by atoms with E-state index in [9.17, 15) is 9.59 Å². The first-order valence-electron chi connectivity index (χ1n) is 8.95. The Morgan fingerprint density at radius 1 is 1.24 bits per heavy atom. The summed E-state index contributed by atoms with van der Waals surface area (Å²) >= 11 is 0. The molecular formula is C19H27N3O3. The Morgan fingerprint density at radius 2 is 1.96 bits per heavy atom. The molecule has 0 aromatic heterocycles. The molecule has 2 amide bonds. The first-order chi connectivity index (χ1) is 12.0. The minimum absolute atomic E-state index is 0.0556. The van der Waals surface area contributed by atoms with E-state index < -0.39 is 0 Å². The van der Waals surface area contributed by atoms with Crippen molar-refractivity contribution in [3.8, 4) is 5.75 Å². The van der Waals surface area contributed by atoms with Gasteiger partial charge in [-0.15, -0.1) is 0 Å². The molecule has 0 aliphatic carbocycles. The van der Waals surface area contributed by atoms with Gasteiger partial charge in [0.25, 0.3) is 0 Å². The zero-order valence-electron chi connectivity index (χ0n) is 15.0. The largest absolute Gasteiger partial charge is 0.497 e. The number of nitrogens with two attached hydrogens (primary N) is 1. The summed E-state index contributed by atoms with van der Waals surface area (Å²) in [5.74, 6) is 0.746. The molecule has 0 spiro atoms. The predicted molar refractivity (Wildman–Crippen MR) is 95.0 cm³/mol. The van der Waals surface area contributed by atoms with E-state index in [0.717, 1.165) is 30.7 Å². The van der Waals surface area contributed by atoms with Crippen LogP contribution in [0.5, 0.6) is 5.75 Å². The van der Waals surface area contributed by atoms with E-state index >= 15 is 0 Å². The van der Waals surface area contributed by atoms with E-state index in [1.807, 2.05) is 29.2 Å². The van der Waals surface area contributed by atoms with Crippen molar-refractivity contribution in [2.75, 3.05) is 27.2 Å². The maximum Gasteiger partial charge on any atom is 0.228 e. The van der Waals surface area contributed by atoms with Crippen molar-refractivity contribution in [1.29, 1.82) is 0 Å². The van der Waals surface area contributed by atoms with Gasteiger partial charge in [-0.3, -0.25) is 9.59 Å². The second-order valence-corrected chi connectivity index (χ2v) is 7.05. The molecule has 3 atom stereocenters. The van der Waals surface area contributed by atoms with Gasteiger partial charge >= 0.3 is 0 Å². The lowest BCUT2D eigenvalue weighted by Crippen LogP contribution is -2.52. The molecule has 2 heterocycles. The summed E-state index contributed by atoms with van der Waals surface area (Å²) in [6.45, 7) is 1.37. The van der Waals surface area contributed by atoms with Crippen molar-refractivity contribution in [2.24, 2.45) is 11.7 Å². The summed E-state index contributed by atoms with van der Waals surface area (Å²) in [4.78, 5) is 29.0. The highest BCUT2D eigenvalue weighted by molar-refractivity contribution is 5.85. The Balaban J connectivity index is 1.86. The van der Waals surface area contributed by atoms with Crippen LogP contribution >= 0.6 is 0 Å². The van der Waals surface area contributed by atoms with Crippen LogP contribution in [0, 0.1) is 5.92 Å². The van der Waals surface area contributed by atoms with Crippen LogP contribution in [0.15, 0.2) is 24.3 Å². The van der Waals surface area contributed by atoms with Gasteiger partial charge in [0.2, 0.25) is 11.8 Å². The maximum atomic E-state index is 13.2. The number of ether oxygens (including phenoxy) is 1. The predicted octanol–water partition coefficient (Wildman–Crippen LogP) is 1.55. The number of hydrogen-bond donors (Lipinski definition) is 1. The van der Waals surface area contributed by atoms with Gasteiger partial charge in [-0.2, -0.15) is 0 Å².